The molecule has 0 bridgehead atoms. The smallest absolute Gasteiger partial charge is 0.261 e. The Bertz CT molecular complexity index is 1150. The predicted molar refractivity (Wildman–Crippen MR) is 123 cm³/mol. The molecule has 32 heavy (non-hydrogen) atoms. The Morgan fingerprint density at radius 3 is 2.34 bits per heavy atom. The molecule has 11 heteroatoms. The average Bonchev–Trinajstić information content (AvgIpc) is 3.20. The highest BCUT2D eigenvalue weighted by Gasteiger charge is 2.18. The van der Waals surface area contributed by atoms with Crippen LogP contribution in [0.15, 0.2) is 30.3 Å². The van der Waals surface area contributed by atoms with Crippen molar-refractivity contribution in [2.75, 3.05) is 32.0 Å². The van der Waals surface area contributed by atoms with Crippen molar-refractivity contribution in [2.24, 2.45) is 0 Å². The number of nitrogens with one attached hydrogen (secondary N) is 2. The van der Waals surface area contributed by atoms with Gasteiger partial charge in [0, 0.05) is 19.4 Å². The van der Waals surface area contributed by atoms with Gasteiger partial charge in [-0.05, 0) is 23.8 Å². The zero-order valence-electron chi connectivity index (χ0n) is 17.8. The first kappa shape index (κ1) is 23.3. The molecule has 0 unspecified atom stereocenters. The van der Waals surface area contributed by atoms with Gasteiger partial charge in [0.05, 0.1) is 37.6 Å². The van der Waals surface area contributed by atoms with Crippen LogP contribution in [0.4, 0.5) is 10.8 Å². The number of carbonyl (C=O) groups is 2. The first-order chi connectivity index (χ1) is 15.3. The van der Waals surface area contributed by atoms with E-state index in [1.165, 1.54) is 37.5 Å². The van der Waals surface area contributed by atoms with Crippen LogP contribution in [0.2, 0.25) is 5.02 Å². The van der Waals surface area contributed by atoms with Gasteiger partial charge in [0.15, 0.2) is 11.5 Å². The molecule has 1 aromatic heterocycles. The first-order valence-electron chi connectivity index (χ1n) is 9.34. The lowest BCUT2D eigenvalue weighted by Gasteiger charge is -2.12. The summed E-state index contributed by atoms with van der Waals surface area (Å²) in [5, 5.41) is 14.7. The van der Waals surface area contributed by atoms with Gasteiger partial charge >= 0.3 is 0 Å². The summed E-state index contributed by atoms with van der Waals surface area (Å²) < 4.78 is 15.8. The van der Waals surface area contributed by atoms with Crippen LogP contribution in [-0.4, -0.2) is 43.3 Å². The number of amides is 2. The molecule has 168 valence electrons. The van der Waals surface area contributed by atoms with E-state index >= 15 is 0 Å². The third-order valence-corrected chi connectivity index (χ3v) is 5.49. The van der Waals surface area contributed by atoms with Crippen molar-refractivity contribution < 1.29 is 23.8 Å². The molecule has 3 rings (SSSR count). The molecule has 0 aliphatic rings. The number of hydrogen-bond donors (Lipinski definition) is 2. The lowest BCUT2D eigenvalue weighted by Crippen LogP contribution is -2.14. The van der Waals surface area contributed by atoms with Crippen LogP contribution in [0.1, 0.15) is 27.9 Å². The fourth-order valence-corrected chi connectivity index (χ4v) is 3.87. The topological polar surface area (TPSA) is 112 Å². The van der Waals surface area contributed by atoms with E-state index in [1.54, 1.807) is 14.2 Å². The molecule has 2 aromatic carbocycles. The summed E-state index contributed by atoms with van der Waals surface area (Å²) in [5.41, 5.74) is 1.50. The van der Waals surface area contributed by atoms with Gasteiger partial charge in [0.2, 0.25) is 11.0 Å². The highest BCUT2D eigenvalue weighted by Crippen LogP contribution is 2.32. The van der Waals surface area contributed by atoms with Gasteiger partial charge < -0.3 is 19.5 Å². The van der Waals surface area contributed by atoms with Gasteiger partial charge in [0.25, 0.3) is 5.91 Å². The van der Waals surface area contributed by atoms with Crippen molar-refractivity contribution in [3.05, 3.63) is 51.5 Å². The van der Waals surface area contributed by atoms with Crippen LogP contribution in [0.5, 0.6) is 17.2 Å². The fraction of sp³-hybridized carbons (Fsp3) is 0.238. The van der Waals surface area contributed by atoms with Crippen LogP contribution < -0.4 is 24.8 Å². The van der Waals surface area contributed by atoms with Crippen molar-refractivity contribution in [2.45, 2.75) is 13.3 Å². The van der Waals surface area contributed by atoms with Crippen molar-refractivity contribution in [3.63, 3.8) is 0 Å². The standard InChI is InChI=1S/C21H21ClN4O5S/c1-11(27)23-15-10-17(30-3)13(9-14(15)22)20(28)24-21-26-25-19(32-21)8-12-5-6-16(29-2)18(7-12)31-4/h5-7,9-10H,8H2,1-4H3,(H,23,27)(H,24,26,28). The van der Waals surface area contributed by atoms with Gasteiger partial charge in [0.1, 0.15) is 10.8 Å². The second kappa shape index (κ2) is 10.3. The van der Waals surface area contributed by atoms with Gasteiger partial charge in [-0.3, -0.25) is 14.9 Å². The molecule has 9 nitrogen and oxygen atoms in total. The number of rotatable bonds is 8. The normalized spacial score (nSPS) is 10.4. The summed E-state index contributed by atoms with van der Waals surface area (Å²) in [6.07, 6.45) is 0.508. The number of carbonyl (C=O) groups excluding carboxylic acids is 2. The average molecular weight is 477 g/mol. The Balaban J connectivity index is 1.75. The van der Waals surface area contributed by atoms with Crippen molar-refractivity contribution in [1.29, 1.82) is 0 Å². The third-order valence-electron chi connectivity index (χ3n) is 4.34. The number of aromatic nitrogens is 2. The summed E-state index contributed by atoms with van der Waals surface area (Å²) in [7, 11) is 4.57. The van der Waals surface area contributed by atoms with E-state index in [4.69, 9.17) is 25.8 Å². The summed E-state index contributed by atoms with van der Waals surface area (Å²) >= 11 is 7.44. The molecule has 0 fully saturated rings. The van der Waals surface area contributed by atoms with E-state index in [2.05, 4.69) is 20.8 Å². The van der Waals surface area contributed by atoms with Crippen molar-refractivity contribution >= 4 is 45.6 Å². The SMILES string of the molecule is COc1ccc(Cc2nnc(NC(=O)c3cc(Cl)c(NC(C)=O)cc3OC)s2)cc1OC. The third kappa shape index (κ3) is 5.45. The molecule has 0 aliphatic carbocycles. The lowest BCUT2D eigenvalue weighted by molar-refractivity contribution is -0.114. The Kier molecular flexibility index (Phi) is 7.49. The van der Waals surface area contributed by atoms with Crippen LogP contribution in [0.25, 0.3) is 0 Å². The maximum absolute atomic E-state index is 12.8. The number of benzene rings is 2. The minimum absolute atomic E-state index is 0.197. The largest absolute Gasteiger partial charge is 0.496 e. The molecule has 2 amide bonds. The quantitative estimate of drug-likeness (QED) is 0.505. The Hall–Kier alpha value is -3.37. The van der Waals surface area contributed by atoms with Crippen molar-refractivity contribution in [1.82, 2.24) is 10.2 Å². The minimum atomic E-state index is -0.466. The van der Waals surface area contributed by atoms with Crippen LogP contribution in [0, 0.1) is 0 Å². The molecule has 0 saturated heterocycles. The molecule has 1 heterocycles. The zero-order valence-corrected chi connectivity index (χ0v) is 19.4. The second-order valence-electron chi connectivity index (χ2n) is 6.53. The highest BCUT2D eigenvalue weighted by atomic mass is 35.5. The molecule has 0 atom stereocenters. The number of nitrogens with zero attached hydrogens (tertiary/aromatic N) is 2. The maximum atomic E-state index is 12.8. The van der Waals surface area contributed by atoms with Crippen LogP contribution in [0.3, 0.4) is 0 Å². The maximum Gasteiger partial charge on any atom is 0.261 e. The summed E-state index contributed by atoms with van der Waals surface area (Å²) in [4.78, 5) is 24.1. The van der Waals surface area contributed by atoms with E-state index < -0.39 is 5.91 Å². The van der Waals surface area contributed by atoms with E-state index in [-0.39, 0.29) is 22.2 Å². The molecular weight excluding hydrogens is 456 g/mol. The number of anilines is 2. The second-order valence-corrected chi connectivity index (χ2v) is 8.00. The van der Waals surface area contributed by atoms with Crippen LogP contribution in [-0.2, 0) is 11.2 Å². The predicted octanol–water partition coefficient (Wildman–Crippen LogP) is 4.02. The fourth-order valence-electron chi connectivity index (χ4n) is 2.89. The number of methoxy groups -OCH3 is 3. The summed E-state index contributed by atoms with van der Waals surface area (Å²) in [5.74, 6) is 0.757. The Morgan fingerprint density at radius 1 is 0.969 bits per heavy atom. The van der Waals surface area contributed by atoms with Crippen LogP contribution >= 0.6 is 22.9 Å². The van der Waals surface area contributed by atoms with E-state index in [0.717, 1.165) is 5.56 Å². The Morgan fingerprint density at radius 2 is 1.69 bits per heavy atom. The lowest BCUT2D eigenvalue weighted by atomic mass is 10.1. The molecular formula is C21H21ClN4O5S. The van der Waals surface area contributed by atoms with E-state index in [1.807, 2.05) is 18.2 Å². The highest BCUT2D eigenvalue weighted by molar-refractivity contribution is 7.15. The van der Waals surface area contributed by atoms with Gasteiger partial charge in [-0.15, -0.1) is 10.2 Å². The van der Waals surface area contributed by atoms with Crippen molar-refractivity contribution in [3.8, 4) is 17.2 Å². The molecule has 0 aliphatic heterocycles. The summed E-state index contributed by atoms with van der Waals surface area (Å²) in [6.45, 7) is 1.36. The molecule has 0 spiro atoms. The van der Waals surface area contributed by atoms with Gasteiger partial charge in [-0.2, -0.15) is 0 Å². The molecule has 2 N–H and O–H groups in total. The van der Waals surface area contributed by atoms with E-state index in [0.29, 0.717) is 33.7 Å². The molecule has 0 radical (unpaired) electrons. The number of halogens is 1. The van der Waals surface area contributed by atoms with Gasteiger partial charge in [-0.1, -0.05) is 29.0 Å². The first-order valence-corrected chi connectivity index (χ1v) is 10.5. The summed E-state index contributed by atoms with van der Waals surface area (Å²) in [6, 6.07) is 8.50. The minimum Gasteiger partial charge on any atom is -0.496 e. The monoisotopic (exact) mass is 476 g/mol. The number of ether oxygens (including phenoxy) is 3. The number of hydrogen-bond acceptors (Lipinski definition) is 8. The van der Waals surface area contributed by atoms with Gasteiger partial charge in [-0.25, -0.2) is 0 Å². The van der Waals surface area contributed by atoms with E-state index in [9.17, 15) is 9.59 Å². The Labute approximate surface area is 193 Å². The molecule has 0 saturated carbocycles. The zero-order chi connectivity index (χ0) is 23.3. The molecule has 3 aromatic rings.